The van der Waals surface area contributed by atoms with Gasteiger partial charge in [-0.2, -0.15) is 11.8 Å². The third-order valence-electron chi connectivity index (χ3n) is 3.29. The molecule has 1 aliphatic rings. The van der Waals surface area contributed by atoms with E-state index in [1.165, 1.54) is 6.07 Å². The number of hydrogen-bond donors (Lipinski definition) is 1. The van der Waals surface area contributed by atoms with Gasteiger partial charge in [-0.1, -0.05) is 17.9 Å². The van der Waals surface area contributed by atoms with Crippen LogP contribution in [0.15, 0.2) is 18.2 Å². The van der Waals surface area contributed by atoms with Crippen molar-refractivity contribution in [2.24, 2.45) is 5.73 Å². The van der Waals surface area contributed by atoms with Crippen molar-refractivity contribution in [3.8, 4) is 11.8 Å². The molecule has 1 aromatic carbocycles. The lowest BCUT2D eigenvalue weighted by Gasteiger charge is -2.37. The molecule has 108 valence electrons. The molecule has 0 amide bonds. The van der Waals surface area contributed by atoms with E-state index in [9.17, 15) is 4.39 Å². The Bertz CT molecular complexity index is 531. The molecular formula is C16H21FN2S. The van der Waals surface area contributed by atoms with E-state index in [0.717, 1.165) is 24.4 Å². The van der Waals surface area contributed by atoms with Crippen molar-refractivity contribution in [3.05, 3.63) is 35.1 Å². The Kier molecular flexibility index (Phi) is 5.09. The topological polar surface area (TPSA) is 29.3 Å². The van der Waals surface area contributed by atoms with Crippen LogP contribution in [0.3, 0.4) is 0 Å². The number of nitrogens with two attached hydrogens (primary N) is 1. The lowest BCUT2D eigenvalue weighted by Crippen LogP contribution is -2.42. The number of nitrogens with zero attached hydrogens (tertiary/aromatic N) is 1. The number of thioether (sulfide) groups is 1. The summed E-state index contributed by atoms with van der Waals surface area (Å²) in [5.41, 5.74) is 6.75. The molecule has 0 saturated carbocycles. The standard InChI is InChI=1S/C16H21FN2S/c1-16(2)12-19(8-9-20-16)11-14-6-5-13(4-3-7-18)10-15(14)17/h5-6,10H,7-9,11-12,18H2,1-2H3. The largest absolute Gasteiger partial charge is 0.320 e. The molecule has 0 atom stereocenters. The quantitative estimate of drug-likeness (QED) is 0.849. The predicted molar refractivity (Wildman–Crippen MR) is 84.1 cm³/mol. The Morgan fingerprint density at radius 1 is 1.45 bits per heavy atom. The molecule has 0 unspecified atom stereocenters. The molecule has 20 heavy (non-hydrogen) atoms. The third-order valence-corrected chi connectivity index (χ3v) is 4.58. The van der Waals surface area contributed by atoms with E-state index >= 15 is 0 Å². The summed E-state index contributed by atoms with van der Waals surface area (Å²) >= 11 is 1.98. The minimum Gasteiger partial charge on any atom is -0.320 e. The van der Waals surface area contributed by atoms with Crippen LogP contribution in [0.5, 0.6) is 0 Å². The van der Waals surface area contributed by atoms with E-state index in [4.69, 9.17) is 5.73 Å². The van der Waals surface area contributed by atoms with E-state index in [-0.39, 0.29) is 10.6 Å². The molecule has 1 fully saturated rings. The normalized spacial score (nSPS) is 18.4. The molecule has 0 spiro atoms. The molecule has 2 rings (SSSR count). The van der Waals surface area contributed by atoms with Crippen molar-refractivity contribution < 1.29 is 4.39 Å². The fourth-order valence-electron chi connectivity index (χ4n) is 2.40. The molecule has 2 N–H and O–H groups in total. The molecular weight excluding hydrogens is 271 g/mol. The van der Waals surface area contributed by atoms with Gasteiger partial charge in [-0.15, -0.1) is 0 Å². The third kappa shape index (κ3) is 4.24. The average molecular weight is 292 g/mol. The molecule has 4 heteroatoms. The van der Waals surface area contributed by atoms with E-state index in [1.54, 1.807) is 0 Å². The Hall–Kier alpha value is -1.02. The molecule has 0 radical (unpaired) electrons. The molecule has 1 aliphatic heterocycles. The smallest absolute Gasteiger partial charge is 0.128 e. The number of hydrogen-bond acceptors (Lipinski definition) is 3. The minimum atomic E-state index is -0.176. The second-order valence-electron chi connectivity index (χ2n) is 5.63. The minimum absolute atomic E-state index is 0.176. The van der Waals surface area contributed by atoms with Crippen LogP contribution in [0.1, 0.15) is 25.0 Å². The molecule has 1 saturated heterocycles. The van der Waals surface area contributed by atoms with Crippen molar-refractivity contribution in [1.82, 2.24) is 4.90 Å². The second kappa shape index (κ2) is 6.62. The Labute approximate surface area is 124 Å². The maximum atomic E-state index is 14.1. The van der Waals surface area contributed by atoms with Crippen LogP contribution in [0.4, 0.5) is 4.39 Å². The van der Waals surface area contributed by atoms with Gasteiger partial charge in [-0.25, -0.2) is 4.39 Å². The van der Waals surface area contributed by atoms with Crippen LogP contribution in [0, 0.1) is 17.7 Å². The van der Waals surface area contributed by atoms with Crippen LogP contribution < -0.4 is 5.73 Å². The van der Waals surface area contributed by atoms with Crippen LogP contribution in [0.2, 0.25) is 0 Å². The lowest BCUT2D eigenvalue weighted by molar-refractivity contribution is 0.249. The molecule has 0 aromatic heterocycles. The fraction of sp³-hybridized carbons (Fsp3) is 0.500. The van der Waals surface area contributed by atoms with Gasteiger partial charge in [0.05, 0.1) is 6.54 Å². The van der Waals surface area contributed by atoms with Crippen molar-refractivity contribution >= 4 is 11.8 Å². The SMILES string of the molecule is CC1(C)CN(Cc2ccc(C#CCN)cc2F)CCS1. The number of halogens is 1. The molecule has 2 nitrogen and oxygen atoms in total. The lowest BCUT2D eigenvalue weighted by atomic mass is 10.1. The molecule has 0 bridgehead atoms. The highest BCUT2D eigenvalue weighted by atomic mass is 32.2. The Morgan fingerprint density at radius 3 is 2.90 bits per heavy atom. The van der Waals surface area contributed by atoms with Crippen LogP contribution >= 0.6 is 11.8 Å². The Morgan fingerprint density at radius 2 is 2.25 bits per heavy atom. The summed E-state index contributed by atoms with van der Waals surface area (Å²) in [5.74, 6) is 6.53. The molecule has 0 aliphatic carbocycles. The summed E-state index contributed by atoms with van der Waals surface area (Å²) < 4.78 is 14.3. The summed E-state index contributed by atoms with van der Waals surface area (Å²) in [4.78, 5) is 2.32. The van der Waals surface area contributed by atoms with Gasteiger partial charge in [-0.3, -0.25) is 4.90 Å². The van der Waals surface area contributed by atoms with E-state index < -0.39 is 0 Å². The first kappa shape index (κ1) is 15.4. The van der Waals surface area contributed by atoms with Crippen LogP contribution in [0.25, 0.3) is 0 Å². The Balaban J connectivity index is 2.06. The van der Waals surface area contributed by atoms with Gasteiger partial charge >= 0.3 is 0 Å². The average Bonchev–Trinajstić information content (AvgIpc) is 2.38. The summed E-state index contributed by atoms with van der Waals surface area (Å²) in [6, 6.07) is 5.21. The van der Waals surface area contributed by atoms with Gasteiger partial charge in [0.25, 0.3) is 0 Å². The van der Waals surface area contributed by atoms with Crippen molar-refractivity contribution in [2.75, 3.05) is 25.4 Å². The molecule has 1 heterocycles. The van der Waals surface area contributed by atoms with Crippen molar-refractivity contribution in [1.29, 1.82) is 0 Å². The summed E-state index contributed by atoms with van der Waals surface area (Å²) in [6.07, 6.45) is 0. The second-order valence-corrected chi connectivity index (χ2v) is 7.43. The highest BCUT2D eigenvalue weighted by Crippen LogP contribution is 2.30. The van der Waals surface area contributed by atoms with Crippen LogP contribution in [-0.4, -0.2) is 35.0 Å². The maximum Gasteiger partial charge on any atom is 0.128 e. The molecule has 1 aromatic rings. The van der Waals surface area contributed by atoms with Gasteiger partial charge in [0.1, 0.15) is 5.82 Å². The first-order valence-electron chi connectivity index (χ1n) is 6.84. The van der Waals surface area contributed by atoms with Crippen LogP contribution in [-0.2, 0) is 6.54 Å². The van der Waals surface area contributed by atoms with Gasteiger partial charge in [0, 0.05) is 41.3 Å². The van der Waals surface area contributed by atoms with Crippen molar-refractivity contribution in [3.63, 3.8) is 0 Å². The highest BCUT2D eigenvalue weighted by Gasteiger charge is 2.27. The van der Waals surface area contributed by atoms with Gasteiger partial charge in [0.2, 0.25) is 0 Å². The summed E-state index contributed by atoms with van der Waals surface area (Å²) in [6.45, 7) is 7.45. The predicted octanol–water partition coefficient (Wildman–Crippen LogP) is 2.46. The van der Waals surface area contributed by atoms with E-state index in [1.807, 2.05) is 23.9 Å². The first-order chi connectivity index (χ1) is 9.50. The van der Waals surface area contributed by atoms with Crippen molar-refractivity contribution in [2.45, 2.75) is 25.1 Å². The maximum absolute atomic E-state index is 14.1. The van der Waals surface area contributed by atoms with Gasteiger partial charge in [-0.05, 0) is 26.0 Å². The highest BCUT2D eigenvalue weighted by molar-refractivity contribution is 8.00. The summed E-state index contributed by atoms with van der Waals surface area (Å²) in [7, 11) is 0. The zero-order valence-electron chi connectivity index (χ0n) is 12.1. The van der Waals surface area contributed by atoms with Gasteiger partial charge < -0.3 is 5.73 Å². The van der Waals surface area contributed by atoms with E-state index in [0.29, 0.717) is 18.7 Å². The zero-order chi connectivity index (χ0) is 14.6. The van der Waals surface area contributed by atoms with E-state index in [2.05, 4.69) is 30.6 Å². The number of benzene rings is 1. The zero-order valence-corrected chi connectivity index (χ0v) is 12.9. The fourth-order valence-corrected chi connectivity index (χ4v) is 3.57. The number of rotatable bonds is 2. The summed E-state index contributed by atoms with van der Waals surface area (Å²) in [5, 5.41) is 0. The first-order valence-corrected chi connectivity index (χ1v) is 7.82. The van der Waals surface area contributed by atoms with Gasteiger partial charge in [0.15, 0.2) is 0 Å². The monoisotopic (exact) mass is 292 g/mol.